The first-order valence-electron chi connectivity index (χ1n) is 8.25. The maximum atomic E-state index is 12.3. The van der Waals surface area contributed by atoms with Crippen LogP contribution in [0.5, 0.6) is 5.75 Å². The number of carboxylic acids is 1. The third kappa shape index (κ3) is 3.87. The molecule has 0 aliphatic carbocycles. The third-order valence-electron chi connectivity index (χ3n) is 4.29. The molecule has 134 valence electrons. The summed E-state index contributed by atoms with van der Waals surface area (Å²) in [5.74, 6) is -1.90. The molecule has 0 spiro atoms. The number of fused-ring (bicyclic) bond motifs is 1. The molecule has 1 heterocycles. The highest BCUT2D eigenvalue weighted by molar-refractivity contribution is 6.47. The maximum Gasteiger partial charge on any atom is 0.547 e. The minimum atomic E-state index is -1.32. The molecule has 1 aliphatic heterocycles. The van der Waals surface area contributed by atoms with Crippen molar-refractivity contribution >= 4 is 19.0 Å². The van der Waals surface area contributed by atoms with Crippen LogP contribution in [0.4, 0.5) is 0 Å². The standard InChI is InChI=1S/C18H19BN2O5/c20-10-12-4-1-3-11(7-12)8-16(22)21-15-9-13-5-2-6-14(18(23)24)17(13)26-19(15)25/h1-7,15,25H,8-10,20H2,(H,21,22)(H,23,24)/t15-/m0/s1. The highest BCUT2D eigenvalue weighted by Crippen LogP contribution is 2.30. The lowest BCUT2D eigenvalue weighted by Gasteiger charge is -2.28. The fourth-order valence-corrected chi connectivity index (χ4v) is 3.03. The lowest BCUT2D eigenvalue weighted by molar-refractivity contribution is -0.120. The van der Waals surface area contributed by atoms with Gasteiger partial charge in [0.25, 0.3) is 0 Å². The summed E-state index contributed by atoms with van der Waals surface area (Å²) in [5, 5.41) is 22.1. The van der Waals surface area contributed by atoms with Gasteiger partial charge in [-0.05, 0) is 29.2 Å². The Morgan fingerprint density at radius 1 is 1.23 bits per heavy atom. The molecule has 0 fully saturated rings. The number of nitrogens with two attached hydrogens (primary N) is 1. The number of aromatic carboxylic acids is 1. The first-order chi connectivity index (χ1) is 12.5. The number of carboxylic acid groups (broad SMARTS) is 1. The van der Waals surface area contributed by atoms with E-state index < -0.39 is 19.0 Å². The molecular weight excluding hydrogens is 335 g/mol. The molecule has 1 atom stereocenters. The summed E-state index contributed by atoms with van der Waals surface area (Å²) in [5.41, 5.74) is 7.99. The van der Waals surface area contributed by atoms with Gasteiger partial charge < -0.3 is 25.8 Å². The van der Waals surface area contributed by atoms with Gasteiger partial charge in [0, 0.05) is 6.54 Å². The van der Waals surface area contributed by atoms with Crippen molar-refractivity contribution in [1.29, 1.82) is 0 Å². The Balaban J connectivity index is 1.70. The van der Waals surface area contributed by atoms with Crippen molar-refractivity contribution < 1.29 is 24.4 Å². The number of carbonyl (C=O) groups is 2. The van der Waals surface area contributed by atoms with E-state index >= 15 is 0 Å². The Morgan fingerprint density at radius 3 is 2.69 bits per heavy atom. The van der Waals surface area contributed by atoms with Crippen molar-refractivity contribution in [2.45, 2.75) is 25.3 Å². The predicted molar refractivity (Wildman–Crippen MR) is 95.7 cm³/mol. The number of carbonyl (C=O) groups excluding carboxylic acids is 1. The van der Waals surface area contributed by atoms with E-state index in [1.807, 2.05) is 24.3 Å². The molecule has 0 radical (unpaired) electrons. The van der Waals surface area contributed by atoms with E-state index in [2.05, 4.69) is 5.32 Å². The second kappa shape index (κ2) is 7.59. The molecule has 2 aromatic carbocycles. The van der Waals surface area contributed by atoms with E-state index in [4.69, 9.17) is 10.4 Å². The van der Waals surface area contributed by atoms with Gasteiger partial charge in [-0.15, -0.1) is 0 Å². The predicted octanol–water partition coefficient (Wildman–Crippen LogP) is 0.526. The van der Waals surface area contributed by atoms with E-state index in [9.17, 15) is 19.7 Å². The molecule has 5 N–H and O–H groups in total. The van der Waals surface area contributed by atoms with Gasteiger partial charge in [0.2, 0.25) is 5.91 Å². The molecule has 0 saturated heterocycles. The minimum Gasteiger partial charge on any atom is -0.534 e. The zero-order chi connectivity index (χ0) is 18.7. The number of rotatable bonds is 5. The smallest absolute Gasteiger partial charge is 0.534 e. The van der Waals surface area contributed by atoms with Crippen LogP contribution in [0.15, 0.2) is 42.5 Å². The average molecular weight is 354 g/mol. The summed E-state index contributed by atoms with van der Waals surface area (Å²) in [6, 6.07) is 12.2. The van der Waals surface area contributed by atoms with Crippen molar-refractivity contribution in [3.05, 3.63) is 64.7 Å². The van der Waals surface area contributed by atoms with Gasteiger partial charge in [-0.25, -0.2) is 4.79 Å². The van der Waals surface area contributed by atoms with Gasteiger partial charge in [0.15, 0.2) is 0 Å². The zero-order valence-corrected chi connectivity index (χ0v) is 14.0. The van der Waals surface area contributed by atoms with Crippen LogP contribution in [0.2, 0.25) is 0 Å². The summed E-state index contributed by atoms with van der Waals surface area (Å²) in [7, 11) is -1.32. The van der Waals surface area contributed by atoms with E-state index in [-0.39, 0.29) is 30.1 Å². The van der Waals surface area contributed by atoms with Gasteiger partial charge in [-0.2, -0.15) is 0 Å². The van der Waals surface area contributed by atoms with Crippen LogP contribution in [0.1, 0.15) is 27.0 Å². The van der Waals surface area contributed by atoms with Gasteiger partial charge in [0.05, 0.1) is 17.9 Å². The van der Waals surface area contributed by atoms with Crippen LogP contribution in [-0.2, 0) is 24.2 Å². The number of hydrogen-bond donors (Lipinski definition) is 4. The van der Waals surface area contributed by atoms with Crippen LogP contribution in [0.3, 0.4) is 0 Å². The summed E-state index contributed by atoms with van der Waals surface area (Å²) in [6.07, 6.45) is 0.436. The Bertz CT molecular complexity index is 842. The molecule has 0 unspecified atom stereocenters. The molecule has 1 aliphatic rings. The van der Waals surface area contributed by atoms with E-state index in [0.717, 1.165) is 11.1 Å². The fraction of sp³-hybridized carbons (Fsp3) is 0.222. The Morgan fingerprint density at radius 2 is 1.96 bits per heavy atom. The Kier molecular flexibility index (Phi) is 5.25. The Hall–Kier alpha value is -2.84. The van der Waals surface area contributed by atoms with Crippen molar-refractivity contribution in [2.75, 3.05) is 0 Å². The summed E-state index contributed by atoms with van der Waals surface area (Å²) in [4.78, 5) is 23.6. The van der Waals surface area contributed by atoms with E-state index in [1.54, 1.807) is 12.1 Å². The SMILES string of the molecule is NCc1cccc(CC(=O)N[C@H]2Cc3cccc(C(=O)O)c3OB2O)c1. The summed E-state index contributed by atoms with van der Waals surface area (Å²) < 4.78 is 5.37. The topological polar surface area (TPSA) is 122 Å². The molecule has 2 aromatic rings. The zero-order valence-electron chi connectivity index (χ0n) is 14.0. The van der Waals surface area contributed by atoms with Crippen LogP contribution < -0.4 is 15.7 Å². The van der Waals surface area contributed by atoms with E-state index in [0.29, 0.717) is 12.1 Å². The molecule has 0 aromatic heterocycles. The number of hydrogen-bond acceptors (Lipinski definition) is 5. The van der Waals surface area contributed by atoms with Crippen LogP contribution in [0.25, 0.3) is 0 Å². The first-order valence-corrected chi connectivity index (χ1v) is 8.25. The Labute approximate surface area is 150 Å². The fourth-order valence-electron chi connectivity index (χ4n) is 3.03. The molecule has 1 amide bonds. The molecule has 0 bridgehead atoms. The van der Waals surface area contributed by atoms with Crippen LogP contribution >= 0.6 is 0 Å². The second-order valence-electron chi connectivity index (χ2n) is 6.19. The van der Waals surface area contributed by atoms with Crippen LogP contribution in [0, 0.1) is 0 Å². The van der Waals surface area contributed by atoms with Crippen LogP contribution in [-0.4, -0.2) is 35.1 Å². The number of para-hydroxylation sites is 1. The quantitative estimate of drug-likeness (QED) is 0.581. The molecule has 26 heavy (non-hydrogen) atoms. The van der Waals surface area contributed by atoms with Crippen molar-refractivity contribution in [3.63, 3.8) is 0 Å². The van der Waals surface area contributed by atoms with Crippen molar-refractivity contribution in [2.24, 2.45) is 5.73 Å². The lowest BCUT2D eigenvalue weighted by atomic mass is 9.72. The molecule has 7 nitrogen and oxygen atoms in total. The highest BCUT2D eigenvalue weighted by Gasteiger charge is 2.37. The minimum absolute atomic E-state index is 0.00933. The average Bonchev–Trinajstić information content (AvgIpc) is 2.61. The number of nitrogens with one attached hydrogen (secondary N) is 1. The maximum absolute atomic E-state index is 12.3. The van der Waals surface area contributed by atoms with Gasteiger partial charge in [0.1, 0.15) is 5.75 Å². The largest absolute Gasteiger partial charge is 0.547 e. The third-order valence-corrected chi connectivity index (χ3v) is 4.29. The van der Waals surface area contributed by atoms with Gasteiger partial charge >= 0.3 is 13.1 Å². The van der Waals surface area contributed by atoms with Crippen molar-refractivity contribution in [3.8, 4) is 5.75 Å². The molecule has 8 heteroatoms. The first kappa shape index (κ1) is 18.0. The van der Waals surface area contributed by atoms with Gasteiger partial charge in [-0.1, -0.05) is 36.4 Å². The van der Waals surface area contributed by atoms with Crippen molar-refractivity contribution in [1.82, 2.24) is 5.32 Å². The summed E-state index contributed by atoms with van der Waals surface area (Å²) >= 11 is 0. The highest BCUT2D eigenvalue weighted by atomic mass is 16.5. The monoisotopic (exact) mass is 354 g/mol. The second-order valence-corrected chi connectivity index (χ2v) is 6.19. The normalized spacial score (nSPS) is 15.8. The molecular formula is C18H19BN2O5. The van der Waals surface area contributed by atoms with E-state index in [1.165, 1.54) is 6.07 Å². The lowest BCUT2D eigenvalue weighted by Crippen LogP contribution is -2.53. The van der Waals surface area contributed by atoms with Gasteiger partial charge in [-0.3, -0.25) is 4.79 Å². The number of benzene rings is 2. The molecule has 3 rings (SSSR count). The number of amides is 1. The molecule has 0 saturated carbocycles. The summed E-state index contributed by atoms with van der Waals surface area (Å²) in [6.45, 7) is 0.396.